The Balaban J connectivity index is 0. The van der Waals surface area contributed by atoms with Crippen molar-refractivity contribution in [2.45, 2.75) is 36.0 Å². The van der Waals surface area contributed by atoms with Gasteiger partial charge in [0, 0.05) is 0 Å². The molecule has 0 radical (unpaired) electrons. The first-order valence-corrected chi connectivity index (χ1v) is 4.96. The number of hydrogen-bond acceptors (Lipinski definition) is 0. The summed E-state index contributed by atoms with van der Waals surface area (Å²) < 4.78 is 176. The van der Waals surface area contributed by atoms with Crippen molar-refractivity contribution in [3.8, 4) is 0 Å². The van der Waals surface area contributed by atoms with Crippen LogP contribution in [0.2, 0.25) is 0 Å². The van der Waals surface area contributed by atoms with Gasteiger partial charge >= 0.3 is 36.0 Å². The molecule has 0 atom stereocenters. The standard InChI is InChI=1S/C6F14.CH2ClF/c7-1(8,3(11,12)5(15,16)17)2(9,10)4(13,14)6(18,19)20;2-1-3/h;1H2. The van der Waals surface area contributed by atoms with Gasteiger partial charge in [0.2, 0.25) is 0 Å². The summed E-state index contributed by atoms with van der Waals surface area (Å²) >= 11 is 4.33. The fourth-order valence-corrected chi connectivity index (χ4v) is 0.750. The smallest absolute Gasteiger partial charge is 0.234 e. The van der Waals surface area contributed by atoms with E-state index in [2.05, 4.69) is 11.6 Å². The Morgan fingerprint density at radius 1 is 0.435 bits per heavy atom. The quantitative estimate of drug-likeness (QED) is 0.410. The predicted molar refractivity (Wildman–Crippen MR) is 43.7 cm³/mol. The highest BCUT2D eigenvalue weighted by molar-refractivity contribution is 6.16. The van der Waals surface area contributed by atoms with Crippen molar-refractivity contribution in [3.05, 3.63) is 0 Å². The molecule has 0 aliphatic carbocycles. The second-order valence-corrected chi connectivity index (χ2v) is 3.60. The topological polar surface area (TPSA) is 0 Å². The highest BCUT2D eigenvalue weighted by Crippen LogP contribution is 2.60. The highest BCUT2D eigenvalue weighted by atomic mass is 35.5. The van der Waals surface area contributed by atoms with E-state index in [0.717, 1.165) is 0 Å². The second-order valence-electron chi connectivity index (χ2n) is 3.39. The number of halogens is 16. The van der Waals surface area contributed by atoms with Crippen LogP contribution in [0, 0.1) is 0 Å². The third-order valence-electron chi connectivity index (χ3n) is 1.90. The fraction of sp³-hybridized carbons (Fsp3) is 1.00. The van der Waals surface area contributed by atoms with Crippen molar-refractivity contribution in [1.29, 1.82) is 0 Å². The maximum absolute atomic E-state index is 12.3. The summed E-state index contributed by atoms with van der Waals surface area (Å²) in [6.07, 6.45) is -15.7. The van der Waals surface area contributed by atoms with Gasteiger partial charge in [-0.15, -0.1) is 0 Å². The number of hydrogen-bond donors (Lipinski definition) is 0. The monoisotopic (exact) mass is 406 g/mol. The Morgan fingerprint density at radius 2 is 0.565 bits per heavy atom. The summed E-state index contributed by atoms with van der Waals surface area (Å²) in [5.74, 6) is -31.7. The number of rotatable bonds is 3. The zero-order chi connectivity index (χ0) is 19.7. The molecule has 0 nitrogen and oxygen atoms in total. The largest absolute Gasteiger partial charge is 0.460 e. The van der Waals surface area contributed by atoms with E-state index < -0.39 is 42.2 Å². The van der Waals surface area contributed by atoms with Crippen molar-refractivity contribution in [2.24, 2.45) is 0 Å². The molecule has 142 valence electrons. The first-order valence-electron chi connectivity index (χ1n) is 4.43. The van der Waals surface area contributed by atoms with E-state index in [1.54, 1.807) is 0 Å². The molecule has 0 amide bonds. The van der Waals surface area contributed by atoms with Gasteiger partial charge in [-0.3, -0.25) is 0 Å². The third-order valence-corrected chi connectivity index (χ3v) is 1.90. The molecule has 0 rings (SSSR count). The molecule has 0 aromatic heterocycles. The molecule has 23 heavy (non-hydrogen) atoms. The normalized spacial score (nSPS) is 15.1. The van der Waals surface area contributed by atoms with Crippen LogP contribution in [0.15, 0.2) is 0 Å². The lowest BCUT2D eigenvalue weighted by Crippen LogP contribution is -2.69. The van der Waals surface area contributed by atoms with Gasteiger partial charge in [-0.1, -0.05) is 11.6 Å². The Kier molecular flexibility index (Phi) is 7.05. The maximum Gasteiger partial charge on any atom is 0.460 e. The van der Waals surface area contributed by atoms with Crippen LogP contribution in [0.25, 0.3) is 0 Å². The molecule has 0 N–H and O–H groups in total. The van der Waals surface area contributed by atoms with Crippen LogP contribution in [0.4, 0.5) is 65.9 Å². The molecule has 16 heteroatoms. The lowest BCUT2D eigenvalue weighted by atomic mass is 9.98. The molecular formula is C7H2ClF15. The molecule has 0 heterocycles. The summed E-state index contributed by atoms with van der Waals surface area (Å²) in [4.78, 5) is 0. The SMILES string of the molecule is FC(F)(F)C(F)(F)C(F)(F)C(F)(F)C(F)(F)C(F)(F)F.FCCl. The Labute approximate surface area is 121 Å². The molecule has 0 fully saturated rings. The first-order chi connectivity index (χ1) is 9.66. The van der Waals surface area contributed by atoms with Crippen LogP contribution >= 0.6 is 11.6 Å². The van der Waals surface area contributed by atoms with Gasteiger partial charge in [0.05, 0.1) is 0 Å². The van der Waals surface area contributed by atoms with E-state index >= 15 is 0 Å². The van der Waals surface area contributed by atoms with Gasteiger partial charge in [-0.25, -0.2) is 4.39 Å². The molecule has 0 aliphatic heterocycles. The summed E-state index contributed by atoms with van der Waals surface area (Å²) in [6, 6.07) is 0. The minimum atomic E-state index is -8.04. The molecule has 0 aliphatic rings. The minimum absolute atomic E-state index is 0.778. The summed E-state index contributed by atoms with van der Waals surface area (Å²) in [5.41, 5.74) is 0. The molecule has 0 saturated heterocycles. The summed E-state index contributed by atoms with van der Waals surface area (Å²) in [7, 11) is 0. The van der Waals surface area contributed by atoms with E-state index in [0.29, 0.717) is 0 Å². The van der Waals surface area contributed by atoms with Crippen molar-refractivity contribution in [2.75, 3.05) is 6.13 Å². The first kappa shape index (κ1) is 24.5. The van der Waals surface area contributed by atoms with Crippen molar-refractivity contribution in [3.63, 3.8) is 0 Å². The van der Waals surface area contributed by atoms with E-state index in [-0.39, 0.29) is 0 Å². The van der Waals surface area contributed by atoms with E-state index in [1.807, 2.05) is 0 Å². The Morgan fingerprint density at radius 3 is 0.652 bits per heavy atom. The Bertz CT molecular complexity index is 340. The van der Waals surface area contributed by atoms with Crippen molar-refractivity contribution in [1.82, 2.24) is 0 Å². The number of alkyl halides is 16. The molecule has 0 unspecified atom stereocenters. The highest BCUT2D eigenvalue weighted by Gasteiger charge is 2.91. The maximum atomic E-state index is 12.3. The van der Waals surface area contributed by atoms with Crippen LogP contribution in [-0.4, -0.2) is 42.2 Å². The van der Waals surface area contributed by atoms with Crippen LogP contribution in [-0.2, 0) is 0 Å². The van der Waals surface area contributed by atoms with Crippen LogP contribution in [0.3, 0.4) is 0 Å². The van der Waals surface area contributed by atoms with E-state index in [4.69, 9.17) is 0 Å². The molecule has 0 bridgehead atoms. The van der Waals surface area contributed by atoms with E-state index in [9.17, 15) is 65.9 Å². The zero-order valence-electron chi connectivity index (χ0n) is 9.75. The average molecular weight is 407 g/mol. The summed E-state index contributed by atoms with van der Waals surface area (Å²) in [6.45, 7) is 0. The fourth-order valence-electron chi connectivity index (χ4n) is 0.750. The van der Waals surface area contributed by atoms with Gasteiger partial charge < -0.3 is 0 Å². The average Bonchev–Trinajstić information content (AvgIpc) is 2.26. The molecular weight excluding hydrogens is 404 g/mol. The van der Waals surface area contributed by atoms with Crippen molar-refractivity contribution >= 4 is 11.6 Å². The summed E-state index contributed by atoms with van der Waals surface area (Å²) in [5, 5.41) is 0. The Hall–Kier alpha value is -0.760. The molecule has 0 aromatic carbocycles. The second kappa shape index (κ2) is 6.63. The lowest BCUT2D eigenvalue weighted by molar-refractivity contribution is -0.451. The molecule has 0 spiro atoms. The van der Waals surface area contributed by atoms with Crippen molar-refractivity contribution < 1.29 is 65.9 Å². The zero-order valence-corrected chi connectivity index (χ0v) is 10.5. The van der Waals surface area contributed by atoms with Gasteiger partial charge in [-0.2, -0.15) is 61.5 Å². The van der Waals surface area contributed by atoms with Crippen LogP contribution < -0.4 is 0 Å². The van der Waals surface area contributed by atoms with E-state index in [1.165, 1.54) is 0 Å². The lowest BCUT2D eigenvalue weighted by Gasteiger charge is -2.37. The van der Waals surface area contributed by atoms with Crippen LogP contribution in [0.1, 0.15) is 0 Å². The van der Waals surface area contributed by atoms with Crippen LogP contribution in [0.5, 0.6) is 0 Å². The third kappa shape index (κ3) is 4.02. The van der Waals surface area contributed by atoms with Gasteiger partial charge in [-0.05, 0) is 0 Å². The predicted octanol–water partition coefficient (Wildman–Crippen LogP) is 5.80. The minimum Gasteiger partial charge on any atom is -0.234 e. The molecule has 0 saturated carbocycles. The molecule has 0 aromatic rings. The van der Waals surface area contributed by atoms with Gasteiger partial charge in [0.25, 0.3) is 0 Å². The van der Waals surface area contributed by atoms with Gasteiger partial charge in [0.1, 0.15) is 0 Å². The van der Waals surface area contributed by atoms with Gasteiger partial charge in [0.15, 0.2) is 6.13 Å².